The number of carboxylic acid groups (broad SMARTS) is 1. The highest BCUT2D eigenvalue weighted by Gasteiger charge is 2.15. The van der Waals surface area contributed by atoms with E-state index in [9.17, 15) is 4.79 Å². The molecule has 0 aliphatic rings. The standard InChI is InChI=1S/C10H12N2O2S/c1-4-5-12(7(2)3)10-11-6-8(15-10)9(13)14/h1,6-7H,5H2,2-3H3,(H,13,14). The summed E-state index contributed by atoms with van der Waals surface area (Å²) in [6, 6.07) is 0.203. The lowest BCUT2D eigenvalue weighted by Crippen LogP contribution is -2.30. The molecule has 4 nitrogen and oxygen atoms in total. The van der Waals surface area contributed by atoms with Gasteiger partial charge in [-0.1, -0.05) is 17.3 Å². The monoisotopic (exact) mass is 224 g/mol. The van der Waals surface area contributed by atoms with Crippen molar-refractivity contribution >= 4 is 22.4 Å². The van der Waals surface area contributed by atoms with Crippen LogP contribution in [0.15, 0.2) is 6.20 Å². The lowest BCUT2D eigenvalue weighted by atomic mass is 10.3. The van der Waals surface area contributed by atoms with Crippen LogP contribution in [0.5, 0.6) is 0 Å². The predicted octanol–water partition coefficient (Wildman–Crippen LogP) is 1.69. The number of terminal acetylenes is 1. The summed E-state index contributed by atoms with van der Waals surface area (Å²) in [5.41, 5.74) is 0. The topological polar surface area (TPSA) is 53.4 Å². The molecule has 0 bridgehead atoms. The third-order valence-electron chi connectivity index (χ3n) is 1.83. The fraction of sp³-hybridized carbons (Fsp3) is 0.400. The molecule has 0 aromatic carbocycles. The summed E-state index contributed by atoms with van der Waals surface area (Å²) in [7, 11) is 0. The van der Waals surface area contributed by atoms with Gasteiger partial charge in [0.1, 0.15) is 4.88 Å². The van der Waals surface area contributed by atoms with E-state index in [0.29, 0.717) is 11.7 Å². The Kier molecular flexibility index (Phi) is 3.69. The van der Waals surface area contributed by atoms with E-state index in [2.05, 4.69) is 10.9 Å². The second-order valence-corrected chi connectivity index (χ2v) is 4.25. The van der Waals surface area contributed by atoms with Crippen molar-refractivity contribution in [3.63, 3.8) is 0 Å². The Morgan fingerprint density at radius 3 is 2.87 bits per heavy atom. The van der Waals surface area contributed by atoms with E-state index >= 15 is 0 Å². The van der Waals surface area contributed by atoms with Crippen LogP contribution in [0.3, 0.4) is 0 Å². The molecule has 0 fully saturated rings. The maximum Gasteiger partial charge on any atom is 0.347 e. The van der Waals surface area contributed by atoms with Gasteiger partial charge in [-0.25, -0.2) is 9.78 Å². The van der Waals surface area contributed by atoms with Crippen LogP contribution in [-0.4, -0.2) is 28.6 Å². The second-order valence-electron chi connectivity index (χ2n) is 3.24. The minimum absolute atomic E-state index is 0.203. The Bertz CT molecular complexity index is 392. The summed E-state index contributed by atoms with van der Waals surface area (Å²) in [5.74, 6) is 1.58. The lowest BCUT2D eigenvalue weighted by Gasteiger charge is -2.23. The van der Waals surface area contributed by atoms with E-state index in [4.69, 9.17) is 11.5 Å². The van der Waals surface area contributed by atoms with Gasteiger partial charge in [0.2, 0.25) is 0 Å². The zero-order chi connectivity index (χ0) is 11.4. The van der Waals surface area contributed by atoms with Gasteiger partial charge >= 0.3 is 5.97 Å². The Morgan fingerprint density at radius 2 is 2.47 bits per heavy atom. The summed E-state index contributed by atoms with van der Waals surface area (Å²) in [4.78, 5) is 16.8. The number of thiazole rings is 1. The molecular formula is C10H12N2O2S. The number of carbonyl (C=O) groups is 1. The predicted molar refractivity (Wildman–Crippen MR) is 60.4 cm³/mol. The first kappa shape index (κ1) is 11.5. The molecule has 0 aliphatic heterocycles. The van der Waals surface area contributed by atoms with Gasteiger partial charge in [0.05, 0.1) is 12.7 Å². The number of carboxylic acids is 1. The highest BCUT2D eigenvalue weighted by Crippen LogP contribution is 2.23. The van der Waals surface area contributed by atoms with E-state index in [-0.39, 0.29) is 10.9 Å². The molecule has 0 atom stereocenters. The average molecular weight is 224 g/mol. The molecule has 0 saturated carbocycles. The maximum atomic E-state index is 10.7. The van der Waals surface area contributed by atoms with E-state index in [1.165, 1.54) is 6.20 Å². The Labute approximate surface area is 92.6 Å². The number of hydrogen-bond acceptors (Lipinski definition) is 4. The quantitative estimate of drug-likeness (QED) is 0.791. The minimum atomic E-state index is -0.955. The summed E-state index contributed by atoms with van der Waals surface area (Å²) in [5, 5.41) is 9.41. The number of hydrogen-bond donors (Lipinski definition) is 1. The van der Waals surface area contributed by atoms with Gasteiger partial charge in [-0.05, 0) is 13.8 Å². The molecule has 0 spiro atoms. The lowest BCUT2D eigenvalue weighted by molar-refractivity contribution is 0.0702. The van der Waals surface area contributed by atoms with Crippen molar-refractivity contribution in [2.24, 2.45) is 0 Å². The SMILES string of the molecule is C#CCN(c1ncc(C(=O)O)s1)C(C)C. The van der Waals surface area contributed by atoms with E-state index < -0.39 is 5.97 Å². The van der Waals surface area contributed by atoms with Gasteiger partial charge < -0.3 is 10.0 Å². The molecular weight excluding hydrogens is 212 g/mol. The largest absolute Gasteiger partial charge is 0.477 e. The molecule has 1 N–H and O–H groups in total. The molecule has 1 heterocycles. The zero-order valence-corrected chi connectivity index (χ0v) is 9.41. The highest BCUT2D eigenvalue weighted by atomic mass is 32.1. The average Bonchev–Trinajstić information content (AvgIpc) is 2.62. The fourth-order valence-corrected chi connectivity index (χ4v) is 1.95. The van der Waals surface area contributed by atoms with Crippen LogP contribution >= 0.6 is 11.3 Å². The first-order valence-corrected chi connectivity index (χ1v) is 5.27. The van der Waals surface area contributed by atoms with Crippen LogP contribution in [0.2, 0.25) is 0 Å². The first-order chi connectivity index (χ1) is 7.06. The Morgan fingerprint density at radius 1 is 1.80 bits per heavy atom. The third-order valence-corrected chi connectivity index (χ3v) is 2.86. The maximum absolute atomic E-state index is 10.7. The van der Waals surface area contributed by atoms with E-state index in [0.717, 1.165) is 11.3 Å². The Hall–Kier alpha value is -1.54. The fourth-order valence-electron chi connectivity index (χ4n) is 1.07. The zero-order valence-electron chi connectivity index (χ0n) is 8.60. The number of aromatic nitrogens is 1. The van der Waals surface area contributed by atoms with Crippen LogP contribution in [0.1, 0.15) is 23.5 Å². The van der Waals surface area contributed by atoms with Crippen LogP contribution < -0.4 is 4.90 Å². The van der Waals surface area contributed by atoms with Crippen molar-refractivity contribution in [2.75, 3.05) is 11.4 Å². The first-order valence-electron chi connectivity index (χ1n) is 4.45. The van der Waals surface area contributed by atoms with Crippen molar-refractivity contribution in [3.8, 4) is 12.3 Å². The van der Waals surface area contributed by atoms with Gasteiger partial charge in [0.25, 0.3) is 0 Å². The number of nitrogens with zero attached hydrogens (tertiary/aromatic N) is 2. The third kappa shape index (κ3) is 2.70. The molecule has 1 aromatic rings. The molecule has 0 saturated heterocycles. The number of anilines is 1. The van der Waals surface area contributed by atoms with E-state index in [1.807, 2.05) is 18.7 Å². The van der Waals surface area contributed by atoms with Crippen molar-refractivity contribution in [1.82, 2.24) is 4.98 Å². The summed E-state index contributed by atoms with van der Waals surface area (Å²) >= 11 is 1.14. The smallest absolute Gasteiger partial charge is 0.347 e. The van der Waals surface area contributed by atoms with Crippen molar-refractivity contribution in [3.05, 3.63) is 11.1 Å². The van der Waals surface area contributed by atoms with Gasteiger partial charge in [-0.3, -0.25) is 0 Å². The van der Waals surface area contributed by atoms with Crippen molar-refractivity contribution in [1.29, 1.82) is 0 Å². The van der Waals surface area contributed by atoms with Crippen LogP contribution in [0.25, 0.3) is 0 Å². The minimum Gasteiger partial charge on any atom is -0.477 e. The van der Waals surface area contributed by atoms with Gasteiger partial charge in [0.15, 0.2) is 5.13 Å². The molecule has 1 rings (SSSR count). The van der Waals surface area contributed by atoms with Gasteiger partial charge in [0, 0.05) is 6.04 Å². The molecule has 80 valence electrons. The van der Waals surface area contributed by atoms with E-state index in [1.54, 1.807) is 0 Å². The van der Waals surface area contributed by atoms with Crippen LogP contribution in [-0.2, 0) is 0 Å². The molecule has 1 aromatic heterocycles. The summed E-state index contributed by atoms with van der Waals surface area (Å²) < 4.78 is 0. The van der Waals surface area contributed by atoms with Crippen molar-refractivity contribution in [2.45, 2.75) is 19.9 Å². The summed E-state index contributed by atoms with van der Waals surface area (Å²) in [6.45, 7) is 4.41. The Balaban J connectivity index is 2.92. The van der Waals surface area contributed by atoms with Crippen LogP contribution in [0, 0.1) is 12.3 Å². The van der Waals surface area contributed by atoms with Gasteiger partial charge in [-0.15, -0.1) is 6.42 Å². The molecule has 0 radical (unpaired) electrons. The highest BCUT2D eigenvalue weighted by molar-refractivity contribution is 7.17. The number of aromatic carboxylic acids is 1. The molecule has 0 amide bonds. The molecule has 15 heavy (non-hydrogen) atoms. The van der Waals surface area contributed by atoms with Gasteiger partial charge in [-0.2, -0.15) is 0 Å². The normalized spacial score (nSPS) is 10.0. The second kappa shape index (κ2) is 4.80. The number of rotatable bonds is 4. The molecule has 0 aliphatic carbocycles. The molecule has 5 heteroatoms. The molecule has 0 unspecified atom stereocenters. The summed E-state index contributed by atoms with van der Waals surface area (Å²) in [6.07, 6.45) is 6.60. The van der Waals surface area contributed by atoms with Crippen LogP contribution in [0.4, 0.5) is 5.13 Å². The van der Waals surface area contributed by atoms with Crippen molar-refractivity contribution < 1.29 is 9.90 Å².